The number of benzene rings is 9. The van der Waals surface area contributed by atoms with Crippen molar-refractivity contribution in [3.05, 3.63) is 390 Å². The normalized spacial score (nSPS) is 12.7. The highest BCUT2D eigenvalue weighted by molar-refractivity contribution is 9.10. The van der Waals surface area contributed by atoms with Crippen LogP contribution in [-0.4, -0.2) is 130 Å². The average molecular weight is 1780 g/mol. The Labute approximate surface area is 746 Å². The fourth-order valence-electron chi connectivity index (χ4n) is 15.8. The molecule has 0 amide bonds. The molecule has 129 heavy (non-hydrogen) atoms. The SMILES string of the molecule is CN(Cc1cc(=O)n2[nH]c(-c3ccccc3)nc2n1)C1Cc2ccccc2C1.CN(Cc1cc(=O)n2[nH]c(-c3ccccc3)nc2n1)c1ccccc1Br.COc1c(C)cccc1OCc1cc(=O)n2[nH]c(-c3ccccc3)nc2n1.Cc1cccc(NCc2cc(=O)n3[nH]cnc3n2)c1C.Cc1cccc2c1CCC2NCc1cc(=O)n2[nH]c(-c3ccccc3)nc2n1. The molecule has 2 aliphatic rings. The van der Waals surface area contributed by atoms with Crippen molar-refractivity contribution in [3.8, 4) is 57.1 Å². The van der Waals surface area contributed by atoms with Crippen molar-refractivity contribution in [2.75, 3.05) is 31.4 Å². The van der Waals surface area contributed by atoms with Gasteiger partial charge in [0, 0.05) is 95.0 Å². The van der Waals surface area contributed by atoms with Crippen LogP contribution < -0.4 is 52.8 Å². The summed E-state index contributed by atoms with van der Waals surface area (Å²) in [7, 11) is 5.66. The predicted molar refractivity (Wildman–Crippen MR) is 500 cm³/mol. The van der Waals surface area contributed by atoms with Gasteiger partial charge in [0.2, 0.25) is 0 Å². The van der Waals surface area contributed by atoms with E-state index in [2.05, 4.69) is 183 Å². The first kappa shape index (κ1) is 85.5. The second-order valence-corrected chi connectivity index (χ2v) is 32.3. The van der Waals surface area contributed by atoms with Crippen molar-refractivity contribution in [3.63, 3.8) is 0 Å². The number of ether oxygens (including phenoxy) is 2. The van der Waals surface area contributed by atoms with E-state index < -0.39 is 0 Å². The molecule has 1 atom stereocenters. The van der Waals surface area contributed by atoms with Gasteiger partial charge in [0.25, 0.3) is 56.7 Å². The molecule has 0 saturated heterocycles. The van der Waals surface area contributed by atoms with Gasteiger partial charge in [-0.05, 0) is 145 Å². The molecule has 10 heterocycles. The lowest BCUT2D eigenvalue weighted by Crippen LogP contribution is -2.32. The first-order valence-corrected chi connectivity index (χ1v) is 42.8. The number of H-pyrrole nitrogens is 5. The van der Waals surface area contributed by atoms with E-state index in [1.165, 1.54) is 86.0 Å². The number of nitrogens with one attached hydrogen (secondary N) is 7. The van der Waals surface area contributed by atoms with E-state index in [1.54, 1.807) is 19.2 Å². The number of aromatic nitrogens is 20. The largest absolute Gasteiger partial charge is 0.493 e. The number of anilines is 2. The fraction of sp³-hybridized carbons (Fsp3) is 0.186. The summed E-state index contributed by atoms with van der Waals surface area (Å²) in [6, 6.07) is 81.8. The summed E-state index contributed by atoms with van der Waals surface area (Å²) in [6.07, 6.45) is 5.69. The Morgan fingerprint density at radius 2 is 0.876 bits per heavy atom. The van der Waals surface area contributed by atoms with E-state index in [1.807, 2.05) is 195 Å². The van der Waals surface area contributed by atoms with Crippen LogP contribution in [0.5, 0.6) is 11.5 Å². The van der Waals surface area contributed by atoms with Gasteiger partial charge in [-0.1, -0.05) is 200 Å². The highest BCUT2D eigenvalue weighted by atomic mass is 79.9. The quantitative estimate of drug-likeness (QED) is 0.0373. The maximum Gasteiger partial charge on any atom is 0.274 e. The minimum absolute atomic E-state index is 0.138. The van der Waals surface area contributed by atoms with Crippen molar-refractivity contribution in [1.29, 1.82) is 0 Å². The number of hydrogen-bond donors (Lipinski definition) is 7. The molecule has 31 nitrogen and oxygen atoms in total. The second kappa shape index (κ2) is 38.4. The van der Waals surface area contributed by atoms with Gasteiger partial charge in [-0.15, -0.1) is 0 Å². The standard InChI is InChI=1S/2C22H21N5O.C20H18N4O3.C19H16BrN5O.C14H15N5O/c1-14-6-5-9-18-17(14)10-11-19(18)23-13-16-12-20(28)27-22(24-16)25-21(26-27)15-7-3-2-4-8-15;1-26(19-11-16-9-5-6-10-17(16)12-19)14-18-13-20(28)27-22(23-18)24-21(25-27)15-7-3-2-4-8-15;1-13-7-6-10-16(18(13)26-2)27-12-15-11-17(25)24-20(21-15)22-19(23-24)14-8-4-3-5-9-14;1-24(16-10-6-5-9-15(16)20)12-14-11-17(26)25-19(21-14)22-18(23-25)13-7-3-2-4-8-13;1-9-4-3-5-12(10(9)2)15-7-11-6-13(20)19-14(18-11)16-8-17-19/h2-9,12,19,23H,10-11,13H2,1H3,(H,24,25,26);2-10,13,19H,11-12,14H2,1H3,(H,23,24,25);3-11H,12H2,1-2H3,(H,21,22,23);2-11H,12H2,1H3,(H,21,22,23);3-6,8,15H,7H2,1-2H3,(H,16,17,18). The summed E-state index contributed by atoms with van der Waals surface area (Å²) in [5.74, 6) is 5.60. The van der Waals surface area contributed by atoms with Crippen LogP contribution in [0.1, 0.15) is 85.4 Å². The third kappa shape index (κ3) is 19.6. The number of aromatic amines is 5. The van der Waals surface area contributed by atoms with E-state index in [0.29, 0.717) is 125 Å². The van der Waals surface area contributed by atoms with Gasteiger partial charge in [-0.2, -0.15) is 42.5 Å². The number of para-hydroxylation sites is 2. The van der Waals surface area contributed by atoms with Crippen LogP contribution in [0.4, 0.5) is 11.4 Å². The summed E-state index contributed by atoms with van der Waals surface area (Å²) < 4.78 is 19.0. The first-order valence-electron chi connectivity index (χ1n) is 42.0. The zero-order chi connectivity index (χ0) is 89.2. The highest BCUT2D eigenvalue weighted by Crippen LogP contribution is 2.35. The molecule has 1 unspecified atom stereocenters. The molecule has 19 aromatic rings. The monoisotopic (exact) mass is 1780 g/mol. The second-order valence-electron chi connectivity index (χ2n) is 31.4. The van der Waals surface area contributed by atoms with Gasteiger partial charge in [0.05, 0.1) is 54.4 Å². The van der Waals surface area contributed by atoms with Crippen LogP contribution in [-0.2, 0) is 52.0 Å². The average Bonchev–Trinajstić information content (AvgIpc) is 1.65. The van der Waals surface area contributed by atoms with Crippen molar-refractivity contribution in [2.45, 2.75) is 98.2 Å². The number of methoxy groups -OCH3 is 1. The lowest BCUT2D eigenvalue weighted by Gasteiger charge is -2.23. The zero-order valence-electron chi connectivity index (χ0n) is 71.7. The van der Waals surface area contributed by atoms with E-state index in [9.17, 15) is 24.0 Å². The molecule has 7 N–H and O–H groups in total. The third-order valence-electron chi connectivity index (χ3n) is 22.6. The molecule has 21 rings (SSSR count). The summed E-state index contributed by atoms with van der Waals surface area (Å²) >= 11 is 3.55. The predicted octanol–water partition coefficient (Wildman–Crippen LogP) is 14.0. The Kier molecular flexibility index (Phi) is 25.5. The Morgan fingerprint density at radius 3 is 1.41 bits per heavy atom. The molecule has 0 radical (unpaired) electrons. The van der Waals surface area contributed by atoms with Crippen LogP contribution in [0.3, 0.4) is 0 Å². The minimum atomic E-state index is -0.246. The smallest absolute Gasteiger partial charge is 0.274 e. The molecule has 0 saturated carbocycles. The lowest BCUT2D eigenvalue weighted by atomic mass is 10.0. The Balaban J connectivity index is 0.000000114. The van der Waals surface area contributed by atoms with Gasteiger partial charge in [-0.25, -0.2) is 29.9 Å². The molecule has 0 fully saturated rings. The van der Waals surface area contributed by atoms with Crippen molar-refractivity contribution >= 4 is 56.2 Å². The number of aryl methyl sites for hydroxylation is 3. The van der Waals surface area contributed by atoms with E-state index in [0.717, 1.165) is 75.0 Å². The van der Waals surface area contributed by atoms with Crippen LogP contribution in [0.25, 0.3) is 74.4 Å². The highest BCUT2D eigenvalue weighted by Gasteiger charge is 2.27. The van der Waals surface area contributed by atoms with Crippen molar-refractivity contribution < 1.29 is 9.47 Å². The Hall–Kier alpha value is -15.7. The molecule has 2 aliphatic carbocycles. The van der Waals surface area contributed by atoms with Gasteiger partial charge in [0.1, 0.15) is 12.9 Å². The first-order chi connectivity index (χ1) is 62.8. The number of nitrogens with zero attached hydrogens (tertiary/aromatic N) is 17. The van der Waals surface area contributed by atoms with Crippen LogP contribution in [0.2, 0.25) is 0 Å². The van der Waals surface area contributed by atoms with Crippen molar-refractivity contribution in [1.82, 2.24) is 108 Å². The summed E-state index contributed by atoms with van der Waals surface area (Å²) in [4.78, 5) is 110. The van der Waals surface area contributed by atoms with Gasteiger partial charge < -0.3 is 25.0 Å². The fourth-order valence-corrected chi connectivity index (χ4v) is 16.4. The molecule has 0 aliphatic heterocycles. The topological polar surface area (TPSA) is 364 Å². The molecule has 648 valence electrons. The summed E-state index contributed by atoms with van der Waals surface area (Å²) in [5.41, 5.74) is 18.5. The minimum Gasteiger partial charge on any atom is -0.493 e. The number of likely N-dealkylation sites (N-methyl/N-ethyl adjacent to an activating group) is 1. The molecule has 32 heteroatoms. The van der Waals surface area contributed by atoms with Crippen LogP contribution >= 0.6 is 15.9 Å². The zero-order valence-corrected chi connectivity index (χ0v) is 73.3. The van der Waals surface area contributed by atoms with E-state index >= 15 is 0 Å². The number of fused-ring (bicyclic) bond motifs is 7. The Morgan fingerprint density at radius 1 is 0.442 bits per heavy atom. The van der Waals surface area contributed by atoms with Gasteiger partial charge in [-0.3, -0.25) is 54.4 Å². The third-order valence-corrected chi connectivity index (χ3v) is 23.3. The molecule has 0 bridgehead atoms. The maximum atomic E-state index is 12.6. The molecular formula is C97H91BrN24O7. The van der Waals surface area contributed by atoms with Crippen molar-refractivity contribution in [2.24, 2.45) is 0 Å². The maximum absolute atomic E-state index is 12.6. The van der Waals surface area contributed by atoms with Crippen LogP contribution in [0.15, 0.2) is 290 Å². The number of rotatable bonds is 20. The molecular weight excluding hydrogens is 1690 g/mol. The summed E-state index contributed by atoms with van der Waals surface area (Å²) in [6.45, 7) is 10.5. The molecule has 9 aromatic carbocycles. The van der Waals surface area contributed by atoms with Gasteiger partial charge in [0.15, 0.2) is 34.8 Å². The number of hydrogen-bond acceptors (Lipinski definition) is 21. The lowest BCUT2D eigenvalue weighted by molar-refractivity contribution is 0.238. The van der Waals surface area contributed by atoms with Gasteiger partial charge >= 0.3 is 0 Å². The van der Waals surface area contributed by atoms with Crippen LogP contribution in [0, 0.1) is 27.7 Å². The molecule has 10 aromatic heterocycles. The number of halogens is 1. The summed E-state index contributed by atoms with van der Waals surface area (Å²) in [5, 5.41) is 21.7. The van der Waals surface area contributed by atoms with E-state index in [-0.39, 0.29) is 34.4 Å². The molecule has 0 spiro atoms. The Bertz CT molecular complexity index is 7530. The van der Waals surface area contributed by atoms with E-state index in [4.69, 9.17) is 9.47 Å².